The first kappa shape index (κ1) is 23.0. The van der Waals surface area contributed by atoms with E-state index in [-0.39, 0.29) is 23.4 Å². The molecule has 3 heterocycles. The molecule has 4 rings (SSSR count). The van der Waals surface area contributed by atoms with Crippen molar-refractivity contribution in [3.05, 3.63) is 53.3 Å². The highest BCUT2D eigenvalue weighted by atomic mass is 16.2. The summed E-state index contributed by atoms with van der Waals surface area (Å²) in [5, 5.41) is 7.45. The van der Waals surface area contributed by atoms with Crippen LogP contribution in [0.2, 0.25) is 0 Å². The maximum Gasteiger partial charge on any atom is 0.275 e. The number of carbonyl (C=O) groups excluding carboxylic acids is 3. The van der Waals surface area contributed by atoms with Gasteiger partial charge < -0.3 is 15.1 Å². The highest BCUT2D eigenvalue weighted by Crippen LogP contribution is 2.22. The largest absolute Gasteiger partial charge is 0.354 e. The summed E-state index contributed by atoms with van der Waals surface area (Å²) in [6.45, 7) is 6.94. The molecule has 33 heavy (non-hydrogen) atoms. The molecule has 3 amide bonds. The van der Waals surface area contributed by atoms with Crippen LogP contribution in [0.4, 0.5) is 0 Å². The molecular weight excluding hydrogens is 418 g/mol. The van der Waals surface area contributed by atoms with Gasteiger partial charge in [-0.2, -0.15) is 5.10 Å². The Morgan fingerprint density at radius 3 is 2.64 bits per heavy atom. The number of carbonyl (C=O) groups is 3. The Bertz CT molecular complexity index is 1000. The number of benzene rings is 1. The summed E-state index contributed by atoms with van der Waals surface area (Å²) in [7, 11) is 0. The van der Waals surface area contributed by atoms with Crippen molar-refractivity contribution in [1.82, 2.24) is 24.9 Å². The van der Waals surface area contributed by atoms with Crippen molar-refractivity contribution in [2.75, 3.05) is 19.6 Å². The molecule has 0 bridgehead atoms. The quantitative estimate of drug-likeness (QED) is 0.732. The monoisotopic (exact) mass is 451 g/mol. The molecule has 1 saturated heterocycles. The van der Waals surface area contributed by atoms with E-state index in [1.54, 1.807) is 15.6 Å². The van der Waals surface area contributed by atoms with Gasteiger partial charge in [-0.1, -0.05) is 44.2 Å². The first-order valence-corrected chi connectivity index (χ1v) is 11.9. The number of fused-ring (bicyclic) bond motifs is 1. The van der Waals surface area contributed by atoms with Gasteiger partial charge in [-0.3, -0.25) is 19.1 Å². The van der Waals surface area contributed by atoms with Crippen LogP contribution >= 0.6 is 0 Å². The zero-order valence-corrected chi connectivity index (χ0v) is 19.5. The van der Waals surface area contributed by atoms with Crippen molar-refractivity contribution >= 4 is 17.7 Å². The molecule has 8 heteroatoms. The first-order valence-electron chi connectivity index (χ1n) is 11.9. The lowest BCUT2D eigenvalue weighted by molar-refractivity contribution is -0.126. The third kappa shape index (κ3) is 5.26. The summed E-state index contributed by atoms with van der Waals surface area (Å²) < 4.78 is 1.65. The molecule has 1 aromatic heterocycles. The normalized spacial score (nSPS) is 18.8. The molecule has 176 valence electrons. The molecule has 1 aromatic carbocycles. The van der Waals surface area contributed by atoms with Crippen LogP contribution in [-0.4, -0.2) is 63.0 Å². The minimum Gasteiger partial charge on any atom is -0.354 e. The standard InChI is InChI=1S/C25H33N5O3/c1-18(2)16-26-23(31)21-11-6-7-13-29(21)24(32)20-15-22-25(33)28(12-8-14-30(22)27-20)17-19-9-4-3-5-10-19/h3-5,9-10,15,18,21H,6-8,11-14,16-17H2,1-2H3,(H,26,31)/t21-/m1/s1. The molecule has 2 aliphatic rings. The van der Waals surface area contributed by atoms with Gasteiger partial charge in [-0.15, -0.1) is 0 Å². The lowest BCUT2D eigenvalue weighted by Gasteiger charge is -2.34. The minimum absolute atomic E-state index is 0.109. The van der Waals surface area contributed by atoms with E-state index in [1.807, 2.05) is 49.1 Å². The van der Waals surface area contributed by atoms with Gasteiger partial charge in [0.2, 0.25) is 5.91 Å². The smallest absolute Gasteiger partial charge is 0.275 e. The Kier molecular flexibility index (Phi) is 7.11. The minimum atomic E-state index is -0.489. The average molecular weight is 452 g/mol. The van der Waals surface area contributed by atoms with Gasteiger partial charge >= 0.3 is 0 Å². The van der Waals surface area contributed by atoms with E-state index in [1.165, 1.54) is 0 Å². The molecule has 0 aliphatic carbocycles. The fraction of sp³-hybridized carbons (Fsp3) is 0.520. The van der Waals surface area contributed by atoms with Crippen LogP contribution in [0.15, 0.2) is 36.4 Å². The number of nitrogens with zero attached hydrogens (tertiary/aromatic N) is 4. The SMILES string of the molecule is CC(C)CNC(=O)[C@H]1CCCCN1C(=O)c1cc2n(n1)CCCN(Cc1ccccc1)C2=O. The third-order valence-corrected chi connectivity index (χ3v) is 6.27. The highest BCUT2D eigenvalue weighted by Gasteiger charge is 2.35. The summed E-state index contributed by atoms with van der Waals surface area (Å²) in [5.74, 6) is -0.159. The van der Waals surface area contributed by atoms with Gasteiger partial charge in [0.25, 0.3) is 11.8 Å². The summed E-state index contributed by atoms with van der Waals surface area (Å²) >= 11 is 0. The first-order chi connectivity index (χ1) is 15.9. The van der Waals surface area contributed by atoms with Gasteiger partial charge in [-0.25, -0.2) is 0 Å². The zero-order chi connectivity index (χ0) is 23.4. The Morgan fingerprint density at radius 2 is 1.88 bits per heavy atom. The van der Waals surface area contributed by atoms with Crippen LogP contribution in [0.1, 0.15) is 66.1 Å². The fourth-order valence-electron chi connectivity index (χ4n) is 4.51. The van der Waals surface area contributed by atoms with Gasteiger partial charge in [0, 0.05) is 38.8 Å². The number of hydrogen-bond acceptors (Lipinski definition) is 4. The van der Waals surface area contributed by atoms with Gasteiger partial charge in [0.05, 0.1) is 0 Å². The Labute approximate surface area is 194 Å². The average Bonchev–Trinajstić information content (AvgIpc) is 3.20. The summed E-state index contributed by atoms with van der Waals surface area (Å²) in [6, 6.07) is 11.0. The number of nitrogens with one attached hydrogen (secondary N) is 1. The van der Waals surface area contributed by atoms with Crippen molar-refractivity contribution in [3.63, 3.8) is 0 Å². The summed E-state index contributed by atoms with van der Waals surface area (Å²) in [5.41, 5.74) is 1.74. The maximum absolute atomic E-state index is 13.4. The van der Waals surface area contributed by atoms with E-state index < -0.39 is 6.04 Å². The van der Waals surface area contributed by atoms with Crippen molar-refractivity contribution in [2.45, 2.75) is 58.7 Å². The molecule has 0 spiro atoms. The molecule has 1 N–H and O–H groups in total. The number of hydrogen-bond donors (Lipinski definition) is 1. The van der Waals surface area contributed by atoms with E-state index in [0.717, 1.165) is 24.8 Å². The molecular formula is C25H33N5O3. The highest BCUT2D eigenvalue weighted by molar-refractivity contribution is 5.99. The van der Waals surface area contributed by atoms with Crippen LogP contribution in [0.3, 0.4) is 0 Å². The number of likely N-dealkylation sites (tertiary alicyclic amines) is 1. The van der Waals surface area contributed by atoms with Crippen molar-refractivity contribution in [1.29, 1.82) is 0 Å². The topological polar surface area (TPSA) is 87.5 Å². The van der Waals surface area contributed by atoms with Crippen molar-refractivity contribution < 1.29 is 14.4 Å². The molecule has 0 radical (unpaired) electrons. The molecule has 0 saturated carbocycles. The summed E-state index contributed by atoms with van der Waals surface area (Å²) in [6.07, 6.45) is 3.19. The van der Waals surface area contributed by atoms with Crippen LogP contribution in [-0.2, 0) is 17.9 Å². The lowest BCUT2D eigenvalue weighted by atomic mass is 10.0. The number of rotatable bonds is 6. The number of piperidine rings is 1. The number of aromatic nitrogens is 2. The van der Waals surface area contributed by atoms with E-state index in [0.29, 0.717) is 50.8 Å². The zero-order valence-electron chi connectivity index (χ0n) is 19.5. The van der Waals surface area contributed by atoms with Crippen molar-refractivity contribution in [2.24, 2.45) is 5.92 Å². The van der Waals surface area contributed by atoms with E-state index in [9.17, 15) is 14.4 Å². The number of aryl methyl sites for hydroxylation is 1. The van der Waals surface area contributed by atoms with Crippen LogP contribution in [0.25, 0.3) is 0 Å². The van der Waals surface area contributed by atoms with Gasteiger partial charge in [0.15, 0.2) is 5.69 Å². The maximum atomic E-state index is 13.4. The Morgan fingerprint density at radius 1 is 1.09 bits per heavy atom. The predicted octanol–water partition coefficient (Wildman–Crippen LogP) is 2.70. The second-order valence-electron chi connectivity index (χ2n) is 9.35. The van der Waals surface area contributed by atoms with Crippen LogP contribution in [0, 0.1) is 5.92 Å². The molecule has 2 aromatic rings. The molecule has 0 unspecified atom stereocenters. The Hall–Kier alpha value is -3.16. The Balaban J connectivity index is 1.51. The summed E-state index contributed by atoms with van der Waals surface area (Å²) in [4.78, 5) is 42.8. The van der Waals surface area contributed by atoms with Gasteiger partial charge in [-0.05, 0) is 37.2 Å². The lowest BCUT2D eigenvalue weighted by Crippen LogP contribution is -2.52. The molecule has 1 fully saturated rings. The predicted molar refractivity (Wildman–Crippen MR) is 125 cm³/mol. The fourth-order valence-corrected chi connectivity index (χ4v) is 4.51. The van der Waals surface area contributed by atoms with E-state index >= 15 is 0 Å². The van der Waals surface area contributed by atoms with E-state index in [4.69, 9.17) is 0 Å². The molecule has 8 nitrogen and oxygen atoms in total. The second-order valence-corrected chi connectivity index (χ2v) is 9.35. The van der Waals surface area contributed by atoms with E-state index in [2.05, 4.69) is 10.4 Å². The second kappa shape index (κ2) is 10.2. The van der Waals surface area contributed by atoms with Crippen molar-refractivity contribution in [3.8, 4) is 0 Å². The molecule has 2 aliphatic heterocycles. The number of amides is 3. The molecule has 1 atom stereocenters. The van der Waals surface area contributed by atoms with Gasteiger partial charge in [0.1, 0.15) is 11.7 Å². The third-order valence-electron chi connectivity index (χ3n) is 6.27. The van der Waals surface area contributed by atoms with Crippen LogP contribution < -0.4 is 5.32 Å². The van der Waals surface area contributed by atoms with Crippen LogP contribution in [0.5, 0.6) is 0 Å².